The van der Waals surface area contributed by atoms with Gasteiger partial charge >= 0.3 is 6.03 Å². The number of carbonyl (C=O) groups is 1. The van der Waals surface area contributed by atoms with Gasteiger partial charge < -0.3 is 20.7 Å². The first kappa shape index (κ1) is 15.9. The van der Waals surface area contributed by atoms with Crippen molar-refractivity contribution in [1.82, 2.24) is 15.6 Å². The SMILES string of the molecule is Cc1cccc2[nH]cc(CCNC(=O)NCC3(O)CCCC3)c12. The van der Waals surface area contributed by atoms with Gasteiger partial charge in [-0.2, -0.15) is 0 Å². The Bertz CT molecular complexity index is 687. The van der Waals surface area contributed by atoms with E-state index in [2.05, 4.69) is 34.7 Å². The Hall–Kier alpha value is -2.01. The highest BCUT2D eigenvalue weighted by Gasteiger charge is 2.31. The number of fused-ring (bicyclic) bond motifs is 1. The van der Waals surface area contributed by atoms with Crippen molar-refractivity contribution in [2.75, 3.05) is 13.1 Å². The van der Waals surface area contributed by atoms with Crippen LogP contribution in [0.4, 0.5) is 4.79 Å². The second kappa shape index (κ2) is 6.62. The molecule has 0 spiro atoms. The summed E-state index contributed by atoms with van der Waals surface area (Å²) in [5.41, 5.74) is 2.89. The van der Waals surface area contributed by atoms with Crippen LogP contribution < -0.4 is 10.6 Å². The Morgan fingerprint density at radius 2 is 2.09 bits per heavy atom. The van der Waals surface area contributed by atoms with Crippen molar-refractivity contribution in [2.45, 2.75) is 44.6 Å². The molecule has 0 unspecified atom stereocenters. The highest BCUT2D eigenvalue weighted by molar-refractivity contribution is 5.86. The molecule has 1 aromatic carbocycles. The number of urea groups is 1. The molecule has 0 aliphatic heterocycles. The number of aromatic amines is 1. The quantitative estimate of drug-likeness (QED) is 0.684. The van der Waals surface area contributed by atoms with E-state index < -0.39 is 5.60 Å². The molecule has 4 N–H and O–H groups in total. The first-order valence-corrected chi connectivity index (χ1v) is 8.37. The molecule has 0 atom stereocenters. The highest BCUT2D eigenvalue weighted by Crippen LogP contribution is 2.28. The summed E-state index contributed by atoms with van der Waals surface area (Å²) < 4.78 is 0. The zero-order valence-corrected chi connectivity index (χ0v) is 13.6. The molecule has 1 saturated carbocycles. The van der Waals surface area contributed by atoms with E-state index in [9.17, 15) is 9.90 Å². The molecule has 1 aromatic heterocycles. The first-order valence-electron chi connectivity index (χ1n) is 8.37. The second-order valence-electron chi connectivity index (χ2n) is 6.60. The minimum Gasteiger partial charge on any atom is -0.388 e. The number of hydrogen-bond acceptors (Lipinski definition) is 2. The van der Waals surface area contributed by atoms with Crippen LogP contribution >= 0.6 is 0 Å². The second-order valence-corrected chi connectivity index (χ2v) is 6.60. The van der Waals surface area contributed by atoms with E-state index in [1.54, 1.807) is 0 Å². The van der Waals surface area contributed by atoms with Crippen LogP contribution in [-0.2, 0) is 6.42 Å². The number of aromatic nitrogens is 1. The van der Waals surface area contributed by atoms with E-state index in [-0.39, 0.29) is 6.03 Å². The summed E-state index contributed by atoms with van der Waals surface area (Å²) in [4.78, 5) is 15.1. The minimum atomic E-state index is -0.703. The van der Waals surface area contributed by atoms with Crippen LogP contribution in [0.5, 0.6) is 0 Å². The van der Waals surface area contributed by atoms with Gasteiger partial charge in [0.1, 0.15) is 0 Å². The lowest BCUT2D eigenvalue weighted by molar-refractivity contribution is 0.0501. The summed E-state index contributed by atoms with van der Waals surface area (Å²) in [5, 5.41) is 17.1. The van der Waals surface area contributed by atoms with Crippen LogP contribution in [0.2, 0.25) is 0 Å². The third-order valence-electron chi connectivity index (χ3n) is 4.79. The van der Waals surface area contributed by atoms with Gasteiger partial charge in [0.2, 0.25) is 0 Å². The predicted molar refractivity (Wildman–Crippen MR) is 91.6 cm³/mol. The van der Waals surface area contributed by atoms with Crippen molar-refractivity contribution in [3.05, 3.63) is 35.5 Å². The van der Waals surface area contributed by atoms with Crippen molar-refractivity contribution in [3.63, 3.8) is 0 Å². The Morgan fingerprint density at radius 1 is 1.30 bits per heavy atom. The molecule has 124 valence electrons. The average Bonchev–Trinajstić information content (AvgIpc) is 3.14. The van der Waals surface area contributed by atoms with Crippen molar-refractivity contribution >= 4 is 16.9 Å². The molecule has 0 saturated heterocycles. The van der Waals surface area contributed by atoms with Crippen LogP contribution in [0, 0.1) is 6.92 Å². The van der Waals surface area contributed by atoms with E-state index in [0.717, 1.165) is 37.6 Å². The lowest BCUT2D eigenvalue weighted by Gasteiger charge is -2.22. The molecule has 1 aliphatic rings. The van der Waals surface area contributed by atoms with Crippen LogP contribution in [0.3, 0.4) is 0 Å². The Labute approximate surface area is 136 Å². The number of H-pyrrole nitrogens is 1. The molecule has 1 heterocycles. The molecule has 0 bridgehead atoms. The van der Waals surface area contributed by atoms with E-state index in [1.807, 2.05) is 12.3 Å². The van der Waals surface area contributed by atoms with Gasteiger partial charge in [-0.3, -0.25) is 0 Å². The number of aliphatic hydroxyl groups is 1. The summed E-state index contributed by atoms with van der Waals surface area (Å²) in [5.74, 6) is 0. The third-order valence-corrected chi connectivity index (χ3v) is 4.79. The van der Waals surface area contributed by atoms with Gasteiger partial charge in [0, 0.05) is 30.2 Å². The molecule has 1 fully saturated rings. The summed E-state index contributed by atoms with van der Waals surface area (Å²) in [6.07, 6.45) is 6.43. The molecule has 0 radical (unpaired) electrons. The summed E-state index contributed by atoms with van der Waals surface area (Å²) in [6.45, 7) is 3.01. The Kier molecular flexibility index (Phi) is 4.57. The minimum absolute atomic E-state index is 0.207. The zero-order valence-electron chi connectivity index (χ0n) is 13.6. The van der Waals surface area contributed by atoms with Gasteiger partial charge in [-0.05, 0) is 43.4 Å². The van der Waals surface area contributed by atoms with Crippen molar-refractivity contribution < 1.29 is 9.90 Å². The molecule has 2 amide bonds. The van der Waals surface area contributed by atoms with Crippen LogP contribution in [0.15, 0.2) is 24.4 Å². The standard InChI is InChI=1S/C18H25N3O2/c1-13-5-4-6-15-16(13)14(11-20-15)7-10-19-17(22)21-12-18(23)8-2-3-9-18/h4-6,11,20,23H,2-3,7-10,12H2,1H3,(H2,19,21,22). The Balaban J connectivity index is 1.48. The first-order chi connectivity index (χ1) is 11.1. The lowest BCUT2D eigenvalue weighted by atomic mass is 10.0. The summed E-state index contributed by atoms with van der Waals surface area (Å²) in [6, 6.07) is 6.00. The predicted octanol–water partition coefficient (Wildman–Crippen LogP) is 2.62. The molecule has 1 aliphatic carbocycles. The smallest absolute Gasteiger partial charge is 0.314 e. The molecule has 5 heteroatoms. The zero-order chi connectivity index (χ0) is 16.3. The van der Waals surface area contributed by atoms with Gasteiger partial charge in [0.15, 0.2) is 0 Å². The molecular weight excluding hydrogens is 290 g/mol. The fourth-order valence-electron chi connectivity index (χ4n) is 3.48. The number of nitrogens with one attached hydrogen (secondary N) is 3. The Morgan fingerprint density at radius 3 is 2.87 bits per heavy atom. The number of hydrogen-bond donors (Lipinski definition) is 4. The molecule has 2 aromatic rings. The van der Waals surface area contributed by atoms with Gasteiger partial charge in [-0.1, -0.05) is 25.0 Å². The third kappa shape index (κ3) is 3.67. The molecule has 23 heavy (non-hydrogen) atoms. The van der Waals surface area contributed by atoms with Crippen molar-refractivity contribution in [2.24, 2.45) is 0 Å². The highest BCUT2D eigenvalue weighted by atomic mass is 16.3. The maximum atomic E-state index is 11.9. The summed E-state index contributed by atoms with van der Waals surface area (Å²) >= 11 is 0. The van der Waals surface area contributed by atoms with Gasteiger partial charge in [-0.25, -0.2) is 4.79 Å². The average molecular weight is 315 g/mol. The van der Waals surface area contributed by atoms with Crippen LogP contribution in [0.25, 0.3) is 10.9 Å². The fraction of sp³-hybridized carbons (Fsp3) is 0.500. The van der Waals surface area contributed by atoms with Gasteiger partial charge in [0.05, 0.1) is 5.60 Å². The number of carbonyl (C=O) groups excluding carboxylic acids is 1. The van der Waals surface area contributed by atoms with E-state index in [0.29, 0.717) is 13.1 Å². The van der Waals surface area contributed by atoms with Crippen LogP contribution in [-0.4, -0.2) is 34.8 Å². The summed E-state index contributed by atoms with van der Waals surface area (Å²) in [7, 11) is 0. The lowest BCUT2D eigenvalue weighted by Crippen LogP contribution is -2.45. The number of amides is 2. The molecule has 5 nitrogen and oxygen atoms in total. The topological polar surface area (TPSA) is 77.2 Å². The van der Waals surface area contributed by atoms with E-state index >= 15 is 0 Å². The maximum Gasteiger partial charge on any atom is 0.314 e. The van der Waals surface area contributed by atoms with E-state index in [1.165, 1.54) is 16.5 Å². The van der Waals surface area contributed by atoms with Gasteiger partial charge in [0.25, 0.3) is 0 Å². The number of aryl methyl sites for hydroxylation is 1. The van der Waals surface area contributed by atoms with Crippen LogP contribution in [0.1, 0.15) is 36.8 Å². The largest absolute Gasteiger partial charge is 0.388 e. The van der Waals surface area contributed by atoms with E-state index in [4.69, 9.17) is 0 Å². The molecule has 3 rings (SSSR count). The number of benzene rings is 1. The molecular formula is C18H25N3O2. The van der Waals surface area contributed by atoms with Crippen molar-refractivity contribution in [3.8, 4) is 0 Å². The normalized spacial score (nSPS) is 16.6. The fourth-order valence-corrected chi connectivity index (χ4v) is 3.48. The van der Waals surface area contributed by atoms with Crippen molar-refractivity contribution in [1.29, 1.82) is 0 Å². The van der Waals surface area contributed by atoms with Gasteiger partial charge in [-0.15, -0.1) is 0 Å². The monoisotopic (exact) mass is 315 g/mol. The number of rotatable bonds is 5. The maximum absolute atomic E-state index is 11.9.